The third-order valence-electron chi connectivity index (χ3n) is 20.0. The molecule has 0 aromatic heterocycles. The smallest absolute Gasteiger partial charge is 0.258 e. The summed E-state index contributed by atoms with van der Waals surface area (Å²) in [7, 11) is 0. The Morgan fingerprint density at radius 2 is 0.422 bits per heavy atom. The summed E-state index contributed by atoms with van der Waals surface area (Å²) in [6.45, 7) is 14.7. The van der Waals surface area contributed by atoms with E-state index in [0.29, 0.717) is 50.3 Å². The highest BCUT2D eigenvalue weighted by Crippen LogP contribution is 2.68. The van der Waals surface area contributed by atoms with Crippen LogP contribution in [0.3, 0.4) is 0 Å². The lowest BCUT2D eigenvalue weighted by molar-refractivity contribution is -0.118. The maximum atomic E-state index is 13.9. The maximum Gasteiger partial charge on any atom is 0.258 e. The largest absolute Gasteiger partial charge is 0.352 e. The lowest BCUT2D eigenvalue weighted by Gasteiger charge is -2.07. The number of carbonyl (C=O) groups excluding carboxylic acids is 4. The Labute approximate surface area is 793 Å². The number of ketones is 2. The topological polar surface area (TPSA) is 92.3 Å². The highest BCUT2D eigenvalue weighted by molar-refractivity contribution is 8.46. The molecule has 6 aliphatic heterocycles. The Balaban J connectivity index is 1.01. The summed E-state index contributed by atoms with van der Waals surface area (Å²) < 4.78 is 18.6. The molecule has 6 heterocycles. The Morgan fingerprint density at radius 3 is 0.638 bits per heavy atom. The van der Waals surface area contributed by atoms with Crippen molar-refractivity contribution in [3.05, 3.63) is 79.9 Å². The van der Waals surface area contributed by atoms with E-state index in [4.69, 9.17) is 0 Å². The fourth-order valence-corrected chi connectivity index (χ4v) is 41.9. The molecule has 0 saturated carbocycles. The van der Waals surface area contributed by atoms with Gasteiger partial charge in [0.15, 0.2) is 0 Å². The second kappa shape index (κ2) is 72.7. The number of nitrogens with one attached hydrogen (secondary N) is 2. The van der Waals surface area contributed by atoms with Gasteiger partial charge in [0.05, 0.1) is 80.6 Å². The van der Waals surface area contributed by atoms with Crippen molar-refractivity contribution >= 4 is 259 Å². The van der Waals surface area contributed by atoms with Gasteiger partial charge in [0, 0.05) is 25.9 Å². The zero-order valence-corrected chi connectivity index (χ0v) is 88.1. The molecule has 116 heavy (non-hydrogen) atoms. The van der Waals surface area contributed by atoms with Crippen LogP contribution in [0, 0.1) is 0 Å². The Hall–Kier alpha value is 2.94. The van der Waals surface area contributed by atoms with Gasteiger partial charge in [0.1, 0.15) is 11.6 Å². The third kappa shape index (κ3) is 49.1. The first-order chi connectivity index (χ1) is 57.1. The molecule has 660 valence electrons. The van der Waals surface area contributed by atoms with Crippen LogP contribution in [-0.4, -0.2) is 82.5 Å². The Bertz CT molecular complexity index is 2840. The third-order valence-corrected chi connectivity index (χ3v) is 49.0. The van der Waals surface area contributed by atoms with E-state index in [-0.39, 0.29) is 23.4 Å². The van der Waals surface area contributed by atoms with E-state index in [9.17, 15) is 19.2 Å². The van der Waals surface area contributed by atoms with Crippen LogP contribution in [0.25, 0.3) is 0 Å². The van der Waals surface area contributed by atoms with Crippen LogP contribution < -0.4 is 10.6 Å². The molecule has 6 aliphatic rings. The SMILES string of the molecule is CCCCCCCCCCSC1=C(SCCCCCCCCCC)SC(=C2SC=C(C(=O)NCCCC(=O)CSC3=C(SCC(=O)CCCNC(=O)C4=CSC(=C5SC(SCCCCCCCCCC)=C(SCCCCCCCCCC)S5)S4)SC(=C4SC(SCCCCCCCCCC)=C(SCCCCCCCCCC)S4)S3)S2)S1. The first-order valence-electron chi connectivity index (χ1n) is 45.4. The number of hydrogen-bond donors (Lipinski definition) is 2. The highest BCUT2D eigenvalue weighted by atomic mass is 32.3. The van der Waals surface area contributed by atoms with Crippen molar-refractivity contribution in [1.29, 1.82) is 0 Å². The number of Topliss-reactive ketones (excluding diaryl/α,β-unsaturated/α-hetero) is 2. The zero-order chi connectivity index (χ0) is 82.4. The molecule has 2 amide bonds. The fourth-order valence-electron chi connectivity index (χ4n) is 13.0. The van der Waals surface area contributed by atoms with Crippen molar-refractivity contribution in [2.24, 2.45) is 0 Å². The molecule has 0 atom stereocenters. The van der Waals surface area contributed by atoms with Crippen molar-refractivity contribution in [1.82, 2.24) is 10.6 Å². The number of unbranched alkanes of at least 4 members (excludes halogenated alkanes) is 42. The van der Waals surface area contributed by atoms with Gasteiger partial charge in [-0.3, -0.25) is 19.2 Å². The van der Waals surface area contributed by atoms with Gasteiger partial charge in [0.25, 0.3) is 11.8 Å². The second-order valence-electron chi connectivity index (χ2n) is 30.6. The van der Waals surface area contributed by atoms with Crippen LogP contribution in [0.15, 0.2) is 79.9 Å². The predicted octanol–water partition coefficient (Wildman–Crippen LogP) is 37.1. The van der Waals surface area contributed by atoms with E-state index in [2.05, 4.69) is 123 Å². The van der Waals surface area contributed by atoms with E-state index in [1.54, 1.807) is 94.1 Å². The summed E-state index contributed by atoms with van der Waals surface area (Å²) in [5.41, 5.74) is 0. The van der Waals surface area contributed by atoms with E-state index < -0.39 is 0 Å². The highest BCUT2D eigenvalue weighted by Gasteiger charge is 2.34. The minimum Gasteiger partial charge on any atom is -0.352 e. The average molecular weight is 1960 g/mol. The lowest BCUT2D eigenvalue weighted by Crippen LogP contribution is -2.25. The molecule has 0 saturated heterocycles. The fraction of sp³-hybridized carbons (Fsp3) is 0.756. The van der Waals surface area contributed by atoms with Gasteiger partial charge in [-0.05, 0) is 96.7 Å². The van der Waals surface area contributed by atoms with E-state index in [0.717, 1.165) is 29.8 Å². The maximum absolute atomic E-state index is 13.9. The summed E-state index contributed by atoms with van der Waals surface area (Å²) in [4.78, 5) is 56.8. The molecular formula is C90H146N2O4S20. The first-order valence-corrected chi connectivity index (χ1v) is 63.2. The van der Waals surface area contributed by atoms with Crippen molar-refractivity contribution in [3.8, 4) is 0 Å². The van der Waals surface area contributed by atoms with Crippen LogP contribution in [0.1, 0.15) is 375 Å². The van der Waals surface area contributed by atoms with Gasteiger partial charge in [0.2, 0.25) is 0 Å². The van der Waals surface area contributed by atoms with Gasteiger partial charge in [-0.2, -0.15) is 0 Å². The van der Waals surface area contributed by atoms with E-state index in [1.807, 2.05) is 81.4 Å². The molecular weight excluding hydrogens is 1810 g/mol. The molecule has 0 unspecified atom stereocenters. The first kappa shape index (κ1) is 108. The molecule has 0 aromatic carbocycles. The Kier molecular flexibility index (Phi) is 67.5. The van der Waals surface area contributed by atoms with Gasteiger partial charge in [-0.15, -0.1) is 94.1 Å². The minimum atomic E-state index is -0.0523. The molecule has 6 rings (SSSR count). The van der Waals surface area contributed by atoms with Crippen LogP contribution in [0.4, 0.5) is 0 Å². The van der Waals surface area contributed by atoms with Crippen LogP contribution >= 0.6 is 235 Å². The molecule has 0 aliphatic carbocycles. The molecule has 0 aromatic rings. The molecule has 0 fully saturated rings. The predicted molar refractivity (Wildman–Crippen MR) is 566 cm³/mol. The van der Waals surface area contributed by atoms with Crippen LogP contribution in [0.5, 0.6) is 0 Å². The van der Waals surface area contributed by atoms with Crippen molar-refractivity contribution < 1.29 is 19.2 Å². The number of carbonyl (C=O) groups is 4. The number of hydrogen-bond acceptors (Lipinski definition) is 24. The Morgan fingerprint density at radius 1 is 0.233 bits per heavy atom. The average Bonchev–Trinajstić information content (AvgIpc) is 1.68. The number of amides is 2. The van der Waals surface area contributed by atoms with E-state index in [1.165, 1.54) is 382 Å². The molecule has 2 N–H and O–H groups in total. The normalized spacial score (nSPS) is 15.9. The van der Waals surface area contributed by atoms with Crippen molar-refractivity contribution in [2.75, 3.05) is 59.1 Å². The zero-order valence-electron chi connectivity index (χ0n) is 71.8. The van der Waals surface area contributed by atoms with E-state index >= 15 is 0 Å². The molecule has 0 radical (unpaired) electrons. The molecule has 6 nitrogen and oxygen atoms in total. The molecule has 0 bridgehead atoms. The van der Waals surface area contributed by atoms with Gasteiger partial charge >= 0.3 is 0 Å². The summed E-state index contributed by atoms with van der Waals surface area (Å²) in [5.74, 6) is 7.93. The minimum absolute atomic E-state index is 0.0523. The van der Waals surface area contributed by atoms with Crippen LogP contribution in [-0.2, 0) is 19.2 Å². The quantitative estimate of drug-likeness (QED) is 0.0566. The van der Waals surface area contributed by atoms with Crippen molar-refractivity contribution in [2.45, 2.75) is 375 Å². The van der Waals surface area contributed by atoms with Crippen LogP contribution in [0.2, 0.25) is 0 Å². The monoisotopic (exact) mass is 1960 g/mol. The second-order valence-corrected chi connectivity index (χ2v) is 54.8. The summed E-state index contributed by atoms with van der Waals surface area (Å²) in [6.07, 6.45) is 66.1. The van der Waals surface area contributed by atoms with Gasteiger partial charge in [-0.1, -0.05) is 452 Å². The lowest BCUT2D eigenvalue weighted by atomic mass is 10.1. The van der Waals surface area contributed by atoms with Gasteiger partial charge in [-0.25, -0.2) is 0 Å². The van der Waals surface area contributed by atoms with Crippen molar-refractivity contribution in [3.63, 3.8) is 0 Å². The molecule has 26 heteroatoms. The molecule has 0 spiro atoms. The standard InChI is InChI=1S/C90H146N2O4S20/c1-7-13-19-25-31-37-43-49-61-97-77-78(98-62-50-44-38-32-26-20-14-8-2)110-87(109-77)85-105-69-73(107-85)75(95)91-59-55-57-71(93)67-103-83-84(116-90(115-83)89-113-81(101-65-53-47-41-35-29-23-17-11-5)82(114-89)102-66-54-48-42-36-30-24-18-12-6)104-68-72(94)58-56-60-92-76(96)74-70-106-86(108-74)88-111-79(99-63-51-45-39-33-27-21-15-9-3)80(112-88)100-64-52-46-40-34-28-22-16-10-4/h69-70H,7-68H2,1-6H3,(H,91,95)(H,92,96). The summed E-state index contributed by atoms with van der Waals surface area (Å²) in [5, 5.41) is 10.4. The number of thioether (sulfide) groups is 20. The summed E-state index contributed by atoms with van der Waals surface area (Å²) in [6, 6.07) is 0. The summed E-state index contributed by atoms with van der Waals surface area (Å²) >= 11 is 37.5. The van der Waals surface area contributed by atoms with Gasteiger partial charge < -0.3 is 10.6 Å². The number of rotatable bonds is 76.